The van der Waals surface area contributed by atoms with E-state index in [0.29, 0.717) is 0 Å². The van der Waals surface area contributed by atoms with E-state index in [2.05, 4.69) is 63.2 Å². The number of benzene rings is 3. The lowest BCUT2D eigenvalue weighted by atomic mass is 9.99. The summed E-state index contributed by atoms with van der Waals surface area (Å²) in [4.78, 5) is 0. The molecule has 0 unspecified atom stereocenters. The van der Waals surface area contributed by atoms with Crippen LogP contribution in [0.15, 0.2) is 42.5 Å². The van der Waals surface area contributed by atoms with Crippen LogP contribution >= 0.6 is 0 Å². The molecule has 2 nitrogen and oxygen atoms in total. The van der Waals surface area contributed by atoms with Crippen LogP contribution in [0.4, 0.5) is 0 Å². The van der Waals surface area contributed by atoms with Crippen LogP contribution in [0.3, 0.4) is 0 Å². The van der Waals surface area contributed by atoms with E-state index in [9.17, 15) is 0 Å². The number of fused-ring (bicyclic) bond motifs is 2. The molecule has 0 fully saturated rings. The Kier molecular flexibility index (Phi) is 19.9. The lowest BCUT2D eigenvalue weighted by Crippen LogP contribution is -2.02. The summed E-state index contributed by atoms with van der Waals surface area (Å²) in [6.45, 7) is 8.33. The van der Waals surface area contributed by atoms with Crippen molar-refractivity contribution in [3.8, 4) is 11.5 Å². The Bertz CT molecular complexity index is 1170. The molecule has 0 bridgehead atoms. The van der Waals surface area contributed by atoms with E-state index in [1.807, 2.05) is 0 Å². The van der Waals surface area contributed by atoms with E-state index >= 15 is 0 Å². The van der Waals surface area contributed by atoms with Crippen LogP contribution in [0.5, 0.6) is 11.5 Å². The predicted octanol–water partition coefficient (Wildman–Crippen LogP) is 14.5. The zero-order chi connectivity index (χ0) is 31.8. The third-order valence-electron chi connectivity index (χ3n) is 9.57. The molecule has 0 amide bonds. The molecule has 0 aromatic heterocycles. The molecule has 0 saturated carbocycles. The average molecular weight is 617 g/mol. The molecule has 0 heterocycles. The van der Waals surface area contributed by atoms with E-state index in [1.165, 1.54) is 168 Å². The Morgan fingerprint density at radius 1 is 0.378 bits per heavy atom. The van der Waals surface area contributed by atoms with Crippen molar-refractivity contribution in [3.05, 3.63) is 48.0 Å². The third-order valence-corrected chi connectivity index (χ3v) is 9.57. The van der Waals surface area contributed by atoms with Crippen LogP contribution in [0, 0.1) is 6.92 Å². The van der Waals surface area contributed by atoms with Crippen molar-refractivity contribution in [1.82, 2.24) is 0 Å². The molecule has 3 aromatic rings. The zero-order valence-corrected chi connectivity index (χ0v) is 29.7. The highest BCUT2D eigenvalue weighted by Crippen LogP contribution is 2.43. The van der Waals surface area contributed by atoms with Crippen molar-refractivity contribution >= 4 is 21.5 Å². The van der Waals surface area contributed by atoms with Crippen molar-refractivity contribution in [2.45, 2.75) is 175 Å². The normalized spacial score (nSPS) is 11.5. The van der Waals surface area contributed by atoms with Crippen LogP contribution < -0.4 is 9.47 Å². The molecule has 3 rings (SSSR count). The van der Waals surface area contributed by atoms with Crippen molar-refractivity contribution in [2.24, 2.45) is 0 Å². The summed E-state index contributed by atoms with van der Waals surface area (Å²) < 4.78 is 13.2. The third kappa shape index (κ3) is 14.4. The summed E-state index contributed by atoms with van der Waals surface area (Å²) >= 11 is 0. The van der Waals surface area contributed by atoms with Crippen LogP contribution in [-0.2, 0) is 0 Å². The molecule has 0 N–H and O–H groups in total. The SMILES string of the molecule is CCCCCCCCCCCCCCOc1c2ccccc2c(OCCCCCCCCCCCCCC)c2cc(C)ccc12. The Balaban J connectivity index is 1.43. The van der Waals surface area contributed by atoms with Gasteiger partial charge in [0.1, 0.15) is 11.5 Å². The summed E-state index contributed by atoms with van der Waals surface area (Å²) in [6.07, 6.45) is 32.7. The minimum absolute atomic E-state index is 0.781. The highest BCUT2D eigenvalue weighted by molar-refractivity contribution is 6.11. The minimum atomic E-state index is 0.781. The summed E-state index contributed by atoms with van der Waals surface area (Å²) in [5, 5.41) is 4.73. The quantitative estimate of drug-likeness (QED) is 0.0597. The molecule has 0 saturated heterocycles. The van der Waals surface area contributed by atoms with Crippen LogP contribution in [0.25, 0.3) is 21.5 Å². The molecule has 0 spiro atoms. The highest BCUT2D eigenvalue weighted by atomic mass is 16.5. The van der Waals surface area contributed by atoms with E-state index in [-0.39, 0.29) is 0 Å². The molecule has 0 aliphatic rings. The van der Waals surface area contributed by atoms with Gasteiger partial charge in [-0.05, 0) is 25.8 Å². The van der Waals surface area contributed by atoms with Gasteiger partial charge >= 0.3 is 0 Å². The topological polar surface area (TPSA) is 18.5 Å². The maximum Gasteiger partial charge on any atom is 0.135 e. The van der Waals surface area contributed by atoms with Crippen LogP contribution in [-0.4, -0.2) is 13.2 Å². The van der Waals surface area contributed by atoms with E-state index in [0.717, 1.165) is 37.6 Å². The lowest BCUT2D eigenvalue weighted by molar-refractivity contribution is 0.306. The molecule has 3 aromatic carbocycles. The van der Waals surface area contributed by atoms with Gasteiger partial charge in [0.25, 0.3) is 0 Å². The lowest BCUT2D eigenvalue weighted by Gasteiger charge is -2.18. The van der Waals surface area contributed by atoms with Crippen LogP contribution in [0.1, 0.15) is 174 Å². The van der Waals surface area contributed by atoms with Gasteiger partial charge in [0.15, 0.2) is 0 Å². The average Bonchev–Trinajstić information content (AvgIpc) is 3.05. The number of rotatable bonds is 28. The van der Waals surface area contributed by atoms with Gasteiger partial charge in [-0.25, -0.2) is 0 Å². The second-order valence-electron chi connectivity index (χ2n) is 13.7. The molecule has 45 heavy (non-hydrogen) atoms. The molecule has 0 aliphatic heterocycles. The fourth-order valence-electron chi connectivity index (χ4n) is 6.76. The number of unbranched alkanes of at least 4 members (excludes halogenated alkanes) is 22. The van der Waals surface area contributed by atoms with Gasteiger partial charge in [0, 0.05) is 21.5 Å². The second kappa shape index (κ2) is 24.0. The minimum Gasteiger partial charge on any atom is -0.492 e. The number of hydrogen-bond donors (Lipinski definition) is 0. The smallest absolute Gasteiger partial charge is 0.135 e. The van der Waals surface area contributed by atoms with Gasteiger partial charge in [-0.1, -0.05) is 197 Å². The Hall–Kier alpha value is -2.22. The molecule has 252 valence electrons. The molecule has 0 aliphatic carbocycles. The summed E-state index contributed by atoms with van der Waals surface area (Å²) in [7, 11) is 0. The monoisotopic (exact) mass is 617 g/mol. The van der Waals surface area contributed by atoms with Crippen molar-refractivity contribution in [3.63, 3.8) is 0 Å². The number of hydrogen-bond acceptors (Lipinski definition) is 2. The first-order valence-corrected chi connectivity index (χ1v) is 19.5. The Morgan fingerprint density at radius 3 is 1.11 bits per heavy atom. The molecular formula is C43H68O2. The molecule has 2 heteroatoms. The fourth-order valence-corrected chi connectivity index (χ4v) is 6.76. The summed E-state index contributed by atoms with van der Waals surface area (Å²) in [5.74, 6) is 2.06. The van der Waals surface area contributed by atoms with Gasteiger partial charge in [-0.2, -0.15) is 0 Å². The number of ether oxygens (including phenoxy) is 2. The first kappa shape index (κ1) is 37.2. The zero-order valence-electron chi connectivity index (χ0n) is 29.7. The maximum atomic E-state index is 6.60. The first-order valence-electron chi connectivity index (χ1n) is 19.5. The van der Waals surface area contributed by atoms with E-state index in [4.69, 9.17) is 9.47 Å². The molecule has 0 atom stereocenters. The number of aryl methyl sites for hydroxylation is 1. The molecule has 0 radical (unpaired) electrons. The highest BCUT2D eigenvalue weighted by Gasteiger charge is 2.16. The van der Waals surface area contributed by atoms with Gasteiger partial charge in [-0.3, -0.25) is 0 Å². The van der Waals surface area contributed by atoms with Crippen molar-refractivity contribution in [2.75, 3.05) is 13.2 Å². The Morgan fingerprint density at radius 2 is 0.711 bits per heavy atom. The molecular weight excluding hydrogens is 548 g/mol. The van der Waals surface area contributed by atoms with Crippen LogP contribution in [0.2, 0.25) is 0 Å². The van der Waals surface area contributed by atoms with Gasteiger partial charge in [-0.15, -0.1) is 0 Å². The van der Waals surface area contributed by atoms with Gasteiger partial charge in [0.2, 0.25) is 0 Å². The Labute approximate surface area is 278 Å². The maximum absolute atomic E-state index is 6.60. The van der Waals surface area contributed by atoms with Gasteiger partial charge in [0.05, 0.1) is 13.2 Å². The standard InChI is InChI=1S/C43H68O2/c1-4-6-8-10-12-14-16-18-20-22-24-28-34-44-42-38-30-26-27-31-39(38)43(41-36-37(3)32-33-40(41)42)45-35-29-25-23-21-19-17-15-13-11-9-7-5-2/h26-27,30-33,36H,4-25,28-29,34-35H2,1-3H3. The second-order valence-corrected chi connectivity index (χ2v) is 13.7. The first-order chi connectivity index (χ1) is 22.3. The summed E-state index contributed by atoms with van der Waals surface area (Å²) in [6, 6.07) is 15.4. The van der Waals surface area contributed by atoms with E-state index in [1.54, 1.807) is 0 Å². The summed E-state index contributed by atoms with van der Waals surface area (Å²) in [5.41, 5.74) is 1.26. The predicted molar refractivity (Wildman–Crippen MR) is 199 cm³/mol. The van der Waals surface area contributed by atoms with E-state index < -0.39 is 0 Å². The van der Waals surface area contributed by atoms with Crippen molar-refractivity contribution < 1.29 is 9.47 Å². The van der Waals surface area contributed by atoms with Gasteiger partial charge < -0.3 is 9.47 Å². The largest absolute Gasteiger partial charge is 0.492 e. The van der Waals surface area contributed by atoms with Crippen molar-refractivity contribution in [1.29, 1.82) is 0 Å². The fraction of sp³-hybridized carbons (Fsp3) is 0.674.